The maximum Gasteiger partial charge on any atom is 0.407 e. The number of nitrogens with one attached hydrogen (secondary N) is 2. The number of carbonyl (C=O) groups excluding carboxylic acids is 2. The molecule has 0 saturated carbocycles. The van der Waals surface area contributed by atoms with Crippen molar-refractivity contribution in [3.8, 4) is 0 Å². The van der Waals surface area contributed by atoms with E-state index in [1.54, 1.807) is 24.0 Å². The summed E-state index contributed by atoms with van der Waals surface area (Å²) >= 11 is 1.58. The Balaban J connectivity index is 1.77. The number of aromatic amines is 1. The number of imidazole rings is 1. The number of amides is 1. The molecule has 0 fully saturated rings. The molecule has 152 valence electrons. The minimum atomic E-state index is -0.506. The third-order valence-electron chi connectivity index (χ3n) is 3.70. The van der Waals surface area contributed by atoms with Gasteiger partial charge in [0.1, 0.15) is 5.60 Å². The summed E-state index contributed by atoms with van der Waals surface area (Å²) in [4.78, 5) is 31.0. The lowest BCUT2D eigenvalue weighted by molar-refractivity contribution is 0.0527. The molecule has 2 N–H and O–H groups in total. The average molecular weight is 406 g/mol. The van der Waals surface area contributed by atoms with Crippen molar-refractivity contribution in [2.75, 3.05) is 19.4 Å². The van der Waals surface area contributed by atoms with Crippen LogP contribution in [0.2, 0.25) is 0 Å². The number of benzene rings is 1. The highest BCUT2D eigenvalue weighted by atomic mass is 32.2. The van der Waals surface area contributed by atoms with Crippen molar-refractivity contribution in [1.29, 1.82) is 0 Å². The van der Waals surface area contributed by atoms with E-state index in [4.69, 9.17) is 9.47 Å². The number of hydrogen-bond donors (Lipinski definition) is 2. The SMILES string of the molecule is COC(=O)c1ccccc1CCSc1ncc(CCNC(=O)OC(C)(C)C)[nH]1. The third-order valence-corrected chi connectivity index (χ3v) is 4.59. The van der Waals surface area contributed by atoms with Crippen LogP contribution in [0.3, 0.4) is 0 Å². The molecule has 0 radical (unpaired) electrons. The molecule has 0 aliphatic heterocycles. The van der Waals surface area contributed by atoms with Crippen LogP contribution >= 0.6 is 11.8 Å². The predicted octanol–water partition coefficient (Wildman–Crippen LogP) is 3.60. The van der Waals surface area contributed by atoms with Gasteiger partial charge in [-0.15, -0.1) is 0 Å². The van der Waals surface area contributed by atoms with Gasteiger partial charge in [-0.3, -0.25) is 0 Å². The maximum atomic E-state index is 11.8. The van der Waals surface area contributed by atoms with Gasteiger partial charge in [-0.05, 0) is 38.8 Å². The molecule has 1 amide bonds. The molecule has 1 aromatic carbocycles. The molecule has 0 aliphatic carbocycles. The van der Waals surface area contributed by atoms with Crippen LogP contribution in [0.5, 0.6) is 0 Å². The molecule has 2 aromatic rings. The summed E-state index contributed by atoms with van der Waals surface area (Å²) in [6, 6.07) is 7.44. The fourth-order valence-electron chi connectivity index (χ4n) is 2.46. The summed E-state index contributed by atoms with van der Waals surface area (Å²) in [7, 11) is 1.38. The number of carbonyl (C=O) groups is 2. The zero-order chi connectivity index (χ0) is 20.6. The number of ether oxygens (including phenoxy) is 2. The number of hydrogen-bond acceptors (Lipinski definition) is 6. The van der Waals surface area contributed by atoms with Crippen molar-refractivity contribution in [1.82, 2.24) is 15.3 Å². The number of alkyl carbamates (subject to hydrolysis) is 1. The molecule has 2 rings (SSSR count). The Morgan fingerprint density at radius 2 is 1.96 bits per heavy atom. The topological polar surface area (TPSA) is 93.3 Å². The van der Waals surface area contributed by atoms with E-state index in [1.807, 2.05) is 39.0 Å². The molecule has 0 saturated heterocycles. The summed E-state index contributed by atoms with van der Waals surface area (Å²) in [5.74, 6) is 0.454. The Morgan fingerprint density at radius 1 is 1.21 bits per heavy atom. The van der Waals surface area contributed by atoms with Gasteiger partial charge in [0.05, 0.1) is 12.7 Å². The van der Waals surface area contributed by atoms with Crippen LogP contribution in [0.25, 0.3) is 0 Å². The van der Waals surface area contributed by atoms with E-state index in [2.05, 4.69) is 15.3 Å². The first-order valence-electron chi connectivity index (χ1n) is 9.08. The van der Waals surface area contributed by atoms with E-state index in [0.717, 1.165) is 28.6 Å². The second kappa shape index (κ2) is 10.2. The highest BCUT2D eigenvalue weighted by Gasteiger charge is 2.15. The van der Waals surface area contributed by atoms with E-state index >= 15 is 0 Å². The van der Waals surface area contributed by atoms with Gasteiger partial charge in [0.25, 0.3) is 0 Å². The normalized spacial score (nSPS) is 11.1. The number of aromatic nitrogens is 2. The first-order valence-corrected chi connectivity index (χ1v) is 10.1. The van der Waals surface area contributed by atoms with E-state index < -0.39 is 11.7 Å². The highest BCUT2D eigenvalue weighted by Crippen LogP contribution is 2.18. The number of nitrogens with zero attached hydrogens (tertiary/aromatic N) is 1. The molecule has 1 heterocycles. The Hall–Kier alpha value is -2.48. The number of H-pyrrole nitrogens is 1. The van der Waals surface area contributed by atoms with Gasteiger partial charge in [0.15, 0.2) is 5.16 Å². The number of thioether (sulfide) groups is 1. The number of methoxy groups -OCH3 is 1. The van der Waals surface area contributed by atoms with Crippen molar-refractivity contribution < 1.29 is 19.1 Å². The standard InChI is InChI=1S/C20H27N3O4S/c1-20(2,3)27-19(25)21-11-9-15-13-22-18(23-15)28-12-10-14-7-5-6-8-16(14)17(24)26-4/h5-8,13H,9-12H2,1-4H3,(H,21,25)(H,22,23). The maximum absolute atomic E-state index is 11.8. The van der Waals surface area contributed by atoms with Crippen molar-refractivity contribution in [2.45, 2.75) is 44.4 Å². The lowest BCUT2D eigenvalue weighted by atomic mass is 10.1. The number of esters is 1. The lowest BCUT2D eigenvalue weighted by Gasteiger charge is -2.19. The van der Waals surface area contributed by atoms with Gasteiger partial charge < -0.3 is 19.8 Å². The Kier molecular flexibility index (Phi) is 7.92. The molecule has 0 bridgehead atoms. The zero-order valence-electron chi connectivity index (χ0n) is 16.7. The molecule has 1 aromatic heterocycles. The minimum absolute atomic E-state index is 0.321. The Morgan fingerprint density at radius 3 is 2.68 bits per heavy atom. The third kappa shape index (κ3) is 7.26. The first kappa shape index (κ1) is 21.8. The second-order valence-corrected chi connectivity index (χ2v) is 8.22. The quantitative estimate of drug-likeness (QED) is 0.515. The summed E-state index contributed by atoms with van der Waals surface area (Å²) in [6.07, 6.45) is 2.71. The van der Waals surface area contributed by atoms with E-state index in [1.165, 1.54) is 7.11 Å². The summed E-state index contributed by atoms with van der Waals surface area (Å²) in [5, 5.41) is 3.53. The average Bonchev–Trinajstić information content (AvgIpc) is 3.07. The predicted molar refractivity (Wildman–Crippen MR) is 109 cm³/mol. The van der Waals surface area contributed by atoms with Gasteiger partial charge in [0.2, 0.25) is 0 Å². The molecule has 0 atom stereocenters. The van der Waals surface area contributed by atoms with Crippen LogP contribution in [-0.2, 0) is 22.3 Å². The van der Waals surface area contributed by atoms with Gasteiger partial charge in [-0.2, -0.15) is 0 Å². The van der Waals surface area contributed by atoms with Crippen molar-refractivity contribution in [2.24, 2.45) is 0 Å². The van der Waals surface area contributed by atoms with E-state index in [0.29, 0.717) is 18.5 Å². The second-order valence-electron chi connectivity index (χ2n) is 7.14. The van der Waals surface area contributed by atoms with Crippen LogP contribution in [0.4, 0.5) is 4.79 Å². The van der Waals surface area contributed by atoms with Crippen molar-refractivity contribution in [3.63, 3.8) is 0 Å². The Bertz CT molecular complexity index is 799. The van der Waals surface area contributed by atoms with Crippen molar-refractivity contribution in [3.05, 3.63) is 47.3 Å². The molecule has 8 heteroatoms. The molecule has 0 spiro atoms. The fraction of sp³-hybridized carbons (Fsp3) is 0.450. The molecular weight excluding hydrogens is 378 g/mol. The number of aryl methyl sites for hydroxylation is 1. The monoisotopic (exact) mass is 405 g/mol. The molecule has 28 heavy (non-hydrogen) atoms. The molecular formula is C20H27N3O4S. The highest BCUT2D eigenvalue weighted by molar-refractivity contribution is 7.99. The Labute approximate surface area is 169 Å². The molecule has 7 nitrogen and oxygen atoms in total. The van der Waals surface area contributed by atoms with E-state index in [9.17, 15) is 9.59 Å². The fourth-order valence-corrected chi connectivity index (χ4v) is 3.30. The summed E-state index contributed by atoms with van der Waals surface area (Å²) in [5.41, 5.74) is 1.98. The molecule has 0 aliphatic rings. The largest absolute Gasteiger partial charge is 0.465 e. The van der Waals surface area contributed by atoms with Crippen LogP contribution in [-0.4, -0.2) is 47.0 Å². The summed E-state index contributed by atoms with van der Waals surface area (Å²) in [6.45, 7) is 5.95. The van der Waals surface area contributed by atoms with Gasteiger partial charge in [0, 0.05) is 30.6 Å². The van der Waals surface area contributed by atoms with Crippen molar-refractivity contribution >= 4 is 23.8 Å². The minimum Gasteiger partial charge on any atom is -0.465 e. The summed E-state index contributed by atoms with van der Waals surface area (Å²) < 4.78 is 10.0. The van der Waals surface area contributed by atoms with Crippen LogP contribution in [0, 0.1) is 0 Å². The van der Waals surface area contributed by atoms with E-state index in [-0.39, 0.29) is 5.97 Å². The van der Waals surface area contributed by atoms with Crippen LogP contribution in [0.1, 0.15) is 42.4 Å². The first-order chi connectivity index (χ1) is 13.3. The lowest BCUT2D eigenvalue weighted by Crippen LogP contribution is -2.33. The van der Waals surface area contributed by atoms with Crippen LogP contribution < -0.4 is 5.32 Å². The smallest absolute Gasteiger partial charge is 0.407 e. The van der Waals surface area contributed by atoms with Gasteiger partial charge in [-0.25, -0.2) is 14.6 Å². The zero-order valence-corrected chi connectivity index (χ0v) is 17.5. The number of rotatable bonds is 8. The van der Waals surface area contributed by atoms with Crippen LogP contribution in [0.15, 0.2) is 35.6 Å². The van der Waals surface area contributed by atoms with Gasteiger partial charge in [-0.1, -0.05) is 30.0 Å². The molecule has 0 unspecified atom stereocenters. The van der Waals surface area contributed by atoms with Gasteiger partial charge >= 0.3 is 12.1 Å².